The molecule has 3 rings (SSSR count). The van der Waals surface area contributed by atoms with E-state index in [4.69, 9.17) is 4.74 Å². The predicted octanol–water partition coefficient (Wildman–Crippen LogP) is -1.07. The maximum absolute atomic E-state index is 11.4. The first-order valence-electron chi connectivity index (χ1n) is 6.17. The number of amides is 4. The molecule has 7 nitrogen and oxygen atoms in total. The minimum atomic E-state index is -0.852. The van der Waals surface area contributed by atoms with Crippen LogP contribution in [-0.2, 0) is 14.3 Å². The van der Waals surface area contributed by atoms with Crippen LogP contribution in [-0.4, -0.2) is 66.0 Å². The fraction of sp³-hybridized carbons (Fsp3) is 0.727. The number of nitrogens with one attached hydrogen (secondary N) is 1. The Hall–Kier alpha value is -1.47. The number of hydrogen-bond donors (Lipinski definition) is 1. The third-order valence-electron chi connectivity index (χ3n) is 3.75. The van der Waals surface area contributed by atoms with Crippen LogP contribution in [0.4, 0.5) is 4.79 Å². The normalized spacial score (nSPS) is 32.9. The summed E-state index contributed by atoms with van der Waals surface area (Å²) in [6, 6.07) is -0.164. The van der Waals surface area contributed by atoms with Crippen LogP contribution in [0.1, 0.15) is 12.8 Å². The Labute approximate surface area is 104 Å². The lowest BCUT2D eigenvalue weighted by Crippen LogP contribution is -2.51. The number of nitrogens with zero attached hydrogens (tertiary/aromatic N) is 2. The first-order valence-corrected chi connectivity index (χ1v) is 6.17. The number of carbonyl (C=O) groups is 3. The molecular weight excluding hydrogens is 238 g/mol. The van der Waals surface area contributed by atoms with E-state index in [0.29, 0.717) is 12.6 Å². The topological polar surface area (TPSA) is 79.0 Å². The molecule has 98 valence electrons. The predicted molar refractivity (Wildman–Crippen MR) is 59.6 cm³/mol. The molecule has 4 amide bonds. The molecule has 0 aromatic rings. The average molecular weight is 253 g/mol. The van der Waals surface area contributed by atoms with Crippen molar-refractivity contribution in [3.05, 3.63) is 0 Å². The summed E-state index contributed by atoms with van der Waals surface area (Å²) in [4.78, 5) is 37.1. The van der Waals surface area contributed by atoms with Gasteiger partial charge in [-0.3, -0.25) is 24.7 Å². The average Bonchev–Trinajstić information content (AvgIpc) is 2.89. The summed E-state index contributed by atoms with van der Waals surface area (Å²) < 4.78 is 5.66. The Morgan fingerprint density at radius 1 is 1.33 bits per heavy atom. The number of carbonyl (C=O) groups excluding carboxylic acids is 3. The molecule has 3 aliphatic rings. The van der Waals surface area contributed by atoms with Crippen molar-refractivity contribution in [2.24, 2.45) is 0 Å². The van der Waals surface area contributed by atoms with Gasteiger partial charge in [0.1, 0.15) is 0 Å². The standard InChI is InChI=1S/C11H15N3O4/c15-9-10(16)14(11(17)12-9)5-8-4-13-3-1-2-7(13)6-18-8/h7-8H,1-6H2,(H,12,15,17). The largest absolute Gasteiger partial charge is 0.373 e. The van der Waals surface area contributed by atoms with Crippen molar-refractivity contribution in [2.75, 3.05) is 26.2 Å². The molecule has 0 spiro atoms. The van der Waals surface area contributed by atoms with Gasteiger partial charge < -0.3 is 4.74 Å². The van der Waals surface area contributed by atoms with Gasteiger partial charge in [-0.25, -0.2) is 4.79 Å². The molecule has 7 heteroatoms. The SMILES string of the molecule is O=C1NC(=O)N(CC2CN3CCCC3CO2)C1=O. The molecule has 3 fully saturated rings. The zero-order valence-electron chi connectivity index (χ0n) is 9.92. The van der Waals surface area contributed by atoms with Crippen LogP contribution in [0.3, 0.4) is 0 Å². The molecule has 18 heavy (non-hydrogen) atoms. The van der Waals surface area contributed by atoms with E-state index in [1.54, 1.807) is 0 Å². The fourth-order valence-electron chi connectivity index (χ4n) is 2.80. The lowest BCUT2D eigenvalue weighted by molar-refractivity contribution is -0.141. The van der Waals surface area contributed by atoms with Crippen molar-refractivity contribution < 1.29 is 19.1 Å². The Morgan fingerprint density at radius 3 is 2.89 bits per heavy atom. The monoisotopic (exact) mass is 253 g/mol. The van der Waals surface area contributed by atoms with E-state index in [9.17, 15) is 14.4 Å². The molecule has 0 aromatic heterocycles. The van der Waals surface area contributed by atoms with Crippen molar-refractivity contribution >= 4 is 17.8 Å². The second-order valence-corrected chi connectivity index (χ2v) is 4.92. The Kier molecular flexibility index (Phi) is 2.79. The molecule has 0 saturated carbocycles. The van der Waals surface area contributed by atoms with E-state index in [1.807, 2.05) is 5.32 Å². The summed E-state index contributed by atoms with van der Waals surface area (Å²) in [5.74, 6) is -1.64. The van der Waals surface area contributed by atoms with E-state index < -0.39 is 17.8 Å². The van der Waals surface area contributed by atoms with Gasteiger partial charge in [-0.15, -0.1) is 0 Å². The number of imide groups is 2. The lowest BCUT2D eigenvalue weighted by atomic mass is 10.2. The maximum atomic E-state index is 11.4. The van der Waals surface area contributed by atoms with Crippen molar-refractivity contribution in [2.45, 2.75) is 25.0 Å². The minimum absolute atomic E-state index is 0.152. The first-order chi connectivity index (χ1) is 8.65. The van der Waals surface area contributed by atoms with E-state index in [0.717, 1.165) is 24.4 Å². The van der Waals surface area contributed by atoms with Gasteiger partial charge in [0.25, 0.3) is 0 Å². The first kappa shape index (κ1) is 11.6. The van der Waals surface area contributed by atoms with Gasteiger partial charge in [-0.05, 0) is 19.4 Å². The molecule has 1 N–H and O–H groups in total. The number of morpholine rings is 1. The van der Waals surface area contributed by atoms with Crippen molar-refractivity contribution in [3.8, 4) is 0 Å². The maximum Gasteiger partial charge on any atom is 0.331 e. The van der Waals surface area contributed by atoms with Gasteiger partial charge in [0.05, 0.1) is 19.3 Å². The summed E-state index contributed by atoms with van der Waals surface area (Å²) in [6.45, 7) is 2.56. The number of ether oxygens (including phenoxy) is 1. The molecule has 0 aromatic carbocycles. The molecule has 0 bridgehead atoms. The third kappa shape index (κ3) is 1.89. The second-order valence-electron chi connectivity index (χ2n) is 4.92. The van der Waals surface area contributed by atoms with Crippen LogP contribution in [0.2, 0.25) is 0 Å². The molecule has 0 aliphatic carbocycles. The Balaban J connectivity index is 1.61. The smallest absolute Gasteiger partial charge is 0.331 e. The summed E-state index contributed by atoms with van der Waals surface area (Å²) in [5, 5.41) is 1.98. The van der Waals surface area contributed by atoms with Crippen LogP contribution < -0.4 is 5.32 Å². The molecule has 2 atom stereocenters. The number of hydrogen-bond acceptors (Lipinski definition) is 5. The number of fused-ring (bicyclic) bond motifs is 1. The highest BCUT2D eigenvalue weighted by molar-refractivity contribution is 6.44. The summed E-state index contributed by atoms with van der Waals surface area (Å²) in [7, 11) is 0. The lowest BCUT2D eigenvalue weighted by Gasteiger charge is -2.36. The zero-order valence-corrected chi connectivity index (χ0v) is 9.92. The van der Waals surface area contributed by atoms with Crippen LogP contribution in [0, 0.1) is 0 Å². The van der Waals surface area contributed by atoms with Crippen molar-refractivity contribution in [1.29, 1.82) is 0 Å². The molecule has 3 saturated heterocycles. The van der Waals surface area contributed by atoms with E-state index >= 15 is 0 Å². The molecular formula is C11H15N3O4. The summed E-state index contributed by atoms with van der Waals surface area (Å²) in [6.07, 6.45) is 2.12. The number of rotatable bonds is 2. The Bertz CT molecular complexity index is 411. The zero-order chi connectivity index (χ0) is 12.7. The minimum Gasteiger partial charge on any atom is -0.373 e. The van der Waals surface area contributed by atoms with Crippen LogP contribution in [0.5, 0.6) is 0 Å². The van der Waals surface area contributed by atoms with Gasteiger partial charge in [0.15, 0.2) is 0 Å². The van der Waals surface area contributed by atoms with Crippen molar-refractivity contribution in [3.63, 3.8) is 0 Å². The van der Waals surface area contributed by atoms with E-state index in [1.165, 1.54) is 6.42 Å². The highest BCUT2D eigenvalue weighted by Crippen LogP contribution is 2.23. The molecule has 3 heterocycles. The van der Waals surface area contributed by atoms with Crippen LogP contribution in [0.25, 0.3) is 0 Å². The van der Waals surface area contributed by atoms with Gasteiger partial charge in [-0.2, -0.15) is 0 Å². The highest BCUT2D eigenvalue weighted by atomic mass is 16.5. The van der Waals surface area contributed by atoms with Gasteiger partial charge in [-0.1, -0.05) is 0 Å². The van der Waals surface area contributed by atoms with Crippen molar-refractivity contribution in [1.82, 2.24) is 15.1 Å². The van der Waals surface area contributed by atoms with Gasteiger partial charge in [0.2, 0.25) is 0 Å². The van der Waals surface area contributed by atoms with Gasteiger partial charge in [0, 0.05) is 12.6 Å². The molecule has 0 radical (unpaired) electrons. The number of urea groups is 1. The van der Waals surface area contributed by atoms with Gasteiger partial charge >= 0.3 is 17.8 Å². The third-order valence-corrected chi connectivity index (χ3v) is 3.75. The summed E-state index contributed by atoms with van der Waals surface area (Å²) in [5.41, 5.74) is 0. The Morgan fingerprint density at radius 2 is 2.17 bits per heavy atom. The van der Waals surface area contributed by atoms with Crippen LogP contribution in [0.15, 0.2) is 0 Å². The highest BCUT2D eigenvalue weighted by Gasteiger charge is 2.40. The summed E-state index contributed by atoms with van der Waals surface area (Å²) >= 11 is 0. The molecule has 2 unspecified atom stereocenters. The molecule has 3 aliphatic heterocycles. The quantitative estimate of drug-likeness (QED) is 0.500. The van der Waals surface area contributed by atoms with E-state index in [-0.39, 0.29) is 12.6 Å². The van der Waals surface area contributed by atoms with Crippen LogP contribution >= 0.6 is 0 Å². The fourth-order valence-corrected chi connectivity index (χ4v) is 2.80. The van der Waals surface area contributed by atoms with E-state index in [2.05, 4.69) is 4.90 Å². The second kappa shape index (κ2) is 4.33.